The second-order valence-electron chi connectivity index (χ2n) is 7.67. The van der Waals surface area contributed by atoms with Gasteiger partial charge in [0.2, 0.25) is 0 Å². The SMILES string of the molecule is Cc1cccc([C@H]2Nc3ccccc3[C@]2(C(=O)OC(C)C)c2ccccc2)c1. The molecule has 0 aromatic heterocycles. The highest BCUT2D eigenvalue weighted by Gasteiger charge is 2.56. The van der Waals surface area contributed by atoms with Crippen LogP contribution < -0.4 is 5.32 Å². The fourth-order valence-electron chi connectivity index (χ4n) is 4.23. The van der Waals surface area contributed by atoms with E-state index in [0.717, 1.165) is 27.9 Å². The molecule has 0 fully saturated rings. The van der Waals surface area contributed by atoms with Crippen molar-refractivity contribution in [1.82, 2.24) is 0 Å². The van der Waals surface area contributed by atoms with Gasteiger partial charge in [0.15, 0.2) is 0 Å². The number of para-hydroxylation sites is 1. The Morgan fingerprint density at radius 3 is 2.39 bits per heavy atom. The molecular weight excluding hydrogens is 346 g/mol. The molecule has 0 spiro atoms. The van der Waals surface area contributed by atoms with E-state index in [1.165, 1.54) is 0 Å². The molecule has 3 aromatic carbocycles. The highest BCUT2D eigenvalue weighted by molar-refractivity contribution is 5.94. The maximum Gasteiger partial charge on any atom is 0.323 e. The Kier molecular flexibility index (Phi) is 4.68. The number of fused-ring (bicyclic) bond motifs is 1. The number of esters is 1. The van der Waals surface area contributed by atoms with Gasteiger partial charge in [0.1, 0.15) is 5.41 Å². The fourth-order valence-corrected chi connectivity index (χ4v) is 4.23. The van der Waals surface area contributed by atoms with E-state index in [9.17, 15) is 4.79 Å². The molecule has 1 N–H and O–H groups in total. The largest absolute Gasteiger partial charge is 0.462 e. The molecule has 1 aliphatic heterocycles. The molecule has 0 amide bonds. The van der Waals surface area contributed by atoms with Gasteiger partial charge in [0.05, 0.1) is 12.1 Å². The van der Waals surface area contributed by atoms with E-state index in [1.807, 2.05) is 74.5 Å². The van der Waals surface area contributed by atoms with Gasteiger partial charge < -0.3 is 10.1 Å². The van der Waals surface area contributed by atoms with E-state index < -0.39 is 5.41 Å². The lowest BCUT2D eigenvalue weighted by Gasteiger charge is -2.35. The smallest absolute Gasteiger partial charge is 0.323 e. The molecule has 28 heavy (non-hydrogen) atoms. The first-order chi connectivity index (χ1) is 13.5. The zero-order chi connectivity index (χ0) is 19.7. The molecule has 2 atom stereocenters. The summed E-state index contributed by atoms with van der Waals surface area (Å²) in [6.45, 7) is 5.86. The lowest BCUT2D eigenvalue weighted by atomic mass is 9.69. The number of aryl methyl sites for hydroxylation is 1. The van der Waals surface area contributed by atoms with Gasteiger partial charge in [0.25, 0.3) is 0 Å². The lowest BCUT2D eigenvalue weighted by Crippen LogP contribution is -2.44. The van der Waals surface area contributed by atoms with E-state index in [1.54, 1.807) is 0 Å². The number of carbonyl (C=O) groups is 1. The van der Waals surface area contributed by atoms with Crippen LogP contribution in [0.4, 0.5) is 5.69 Å². The van der Waals surface area contributed by atoms with Crippen LogP contribution in [0.5, 0.6) is 0 Å². The summed E-state index contributed by atoms with van der Waals surface area (Å²) >= 11 is 0. The number of hydrogen-bond acceptors (Lipinski definition) is 3. The van der Waals surface area contributed by atoms with Crippen LogP contribution in [0.25, 0.3) is 0 Å². The number of nitrogens with one attached hydrogen (secondary N) is 1. The van der Waals surface area contributed by atoms with Crippen LogP contribution in [0.3, 0.4) is 0 Å². The van der Waals surface area contributed by atoms with Crippen molar-refractivity contribution in [2.45, 2.75) is 38.3 Å². The van der Waals surface area contributed by atoms with Gasteiger partial charge in [-0.25, -0.2) is 0 Å². The van der Waals surface area contributed by atoms with Crippen molar-refractivity contribution in [2.75, 3.05) is 5.32 Å². The summed E-state index contributed by atoms with van der Waals surface area (Å²) in [5, 5.41) is 3.62. The van der Waals surface area contributed by atoms with Gasteiger partial charge in [-0.15, -0.1) is 0 Å². The van der Waals surface area contributed by atoms with E-state index >= 15 is 0 Å². The van der Waals surface area contributed by atoms with Crippen molar-refractivity contribution in [3.63, 3.8) is 0 Å². The monoisotopic (exact) mass is 371 g/mol. The summed E-state index contributed by atoms with van der Waals surface area (Å²) in [4.78, 5) is 13.7. The van der Waals surface area contributed by atoms with E-state index in [-0.39, 0.29) is 18.1 Å². The summed E-state index contributed by atoms with van der Waals surface area (Å²) in [6, 6.07) is 26.1. The van der Waals surface area contributed by atoms with Crippen LogP contribution in [0.15, 0.2) is 78.9 Å². The summed E-state index contributed by atoms with van der Waals surface area (Å²) in [7, 11) is 0. The van der Waals surface area contributed by atoms with Crippen molar-refractivity contribution < 1.29 is 9.53 Å². The van der Waals surface area contributed by atoms with E-state index in [4.69, 9.17) is 4.74 Å². The van der Waals surface area contributed by atoms with E-state index in [0.29, 0.717) is 0 Å². The van der Waals surface area contributed by atoms with Crippen LogP contribution >= 0.6 is 0 Å². The zero-order valence-corrected chi connectivity index (χ0v) is 16.5. The molecule has 0 unspecified atom stereocenters. The second-order valence-corrected chi connectivity index (χ2v) is 7.67. The topological polar surface area (TPSA) is 38.3 Å². The Morgan fingerprint density at radius 2 is 1.68 bits per heavy atom. The zero-order valence-electron chi connectivity index (χ0n) is 16.5. The standard InChI is InChI=1S/C25H25NO2/c1-17(2)28-24(27)25(20-12-5-4-6-13-20)21-14-7-8-15-22(21)26-23(25)19-11-9-10-18(3)16-19/h4-17,23,26H,1-3H3/t23-,25-/m1/s1. The summed E-state index contributed by atoms with van der Waals surface area (Å²) < 4.78 is 5.85. The third kappa shape index (κ3) is 2.88. The summed E-state index contributed by atoms with van der Waals surface area (Å²) in [5.41, 5.74) is 4.15. The number of anilines is 1. The first kappa shape index (κ1) is 18.3. The molecule has 1 heterocycles. The van der Waals surface area contributed by atoms with Crippen molar-refractivity contribution in [2.24, 2.45) is 0 Å². The average molecular weight is 371 g/mol. The lowest BCUT2D eigenvalue weighted by molar-refractivity contribution is -0.153. The van der Waals surface area contributed by atoms with Gasteiger partial charge in [-0.2, -0.15) is 0 Å². The molecule has 0 saturated heterocycles. The molecule has 0 radical (unpaired) electrons. The van der Waals surface area contributed by atoms with Gasteiger partial charge >= 0.3 is 5.97 Å². The van der Waals surface area contributed by atoms with Crippen LogP contribution in [-0.2, 0) is 14.9 Å². The van der Waals surface area contributed by atoms with Crippen LogP contribution in [0.1, 0.15) is 42.1 Å². The molecule has 3 nitrogen and oxygen atoms in total. The van der Waals surface area contributed by atoms with Crippen molar-refractivity contribution >= 4 is 11.7 Å². The number of carbonyl (C=O) groups excluding carboxylic acids is 1. The quantitative estimate of drug-likeness (QED) is 0.624. The highest BCUT2D eigenvalue weighted by atomic mass is 16.5. The normalized spacial score (nSPS) is 20.5. The van der Waals surface area contributed by atoms with E-state index in [2.05, 4.69) is 30.4 Å². The Morgan fingerprint density at radius 1 is 0.964 bits per heavy atom. The molecule has 142 valence electrons. The van der Waals surface area contributed by atoms with Gasteiger partial charge in [0, 0.05) is 5.69 Å². The van der Waals surface area contributed by atoms with Crippen molar-refractivity contribution in [1.29, 1.82) is 0 Å². The Hall–Kier alpha value is -3.07. The molecule has 4 rings (SSSR count). The first-order valence-corrected chi connectivity index (χ1v) is 9.72. The molecular formula is C25H25NO2. The number of rotatable bonds is 4. The summed E-state index contributed by atoms with van der Waals surface area (Å²) in [6.07, 6.45) is -0.195. The van der Waals surface area contributed by atoms with Crippen LogP contribution in [0, 0.1) is 6.92 Å². The van der Waals surface area contributed by atoms with Crippen LogP contribution in [-0.4, -0.2) is 12.1 Å². The molecule has 3 aromatic rings. The minimum atomic E-state index is -0.948. The number of ether oxygens (including phenoxy) is 1. The predicted octanol–water partition coefficient (Wildman–Crippen LogP) is 5.40. The number of hydrogen-bond donors (Lipinski definition) is 1. The fraction of sp³-hybridized carbons (Fsp3) is 0.240. The molecule has 0 aliphatic carbocycles. The second kappa shape index (κ2) is 7.16. The first-order valence-electron chi connectivity index (χ1n) is 9.72. The minimum absolute atomic E-state index is 0.195. The van der Waals surface area contributed by atoms with Gasteiger partial charge in [-0.1, -0.05) is 78.4 Å². The molecule has 0 bridgehead atoms. The Labute approximate surface area is 166 Å². The third-order valence-electron chi connectivity index (χ3n) is 5.35. The minimum Gasteiger partial charge on any atom is -0.462 e. The van der Waals surface area contributed by atoms with Gasteiger partial charge in [-0.05, 0) is 43.5 Å². The maximum atomic E-state index is 13.7. The third-order valence-corrected chi connectivity index (χ3v) is 5.35. The van der Waals surface area contributed by atoms with Crippen molar-refractivity contribution in [3.8, 4) is 0 Å². The predicted molar refractivity (Wildman–Crippen MR) is 112 cm³/mol. The Bertz CT molecular complexity index is 996. The number of benzene rings is 3. The molecule has 1 aliphatic rings. The Balaban J connectivity index is 2.01. The molecule has 0 saturated carbocycles. The van der Waals surface area contributed by atoms with Crippen molar-refractivity contribution in [3.05, 3.63) is 101 Å². The maximum absolute atomic E-state index is 13.7. The average Bonchev–Trinajstić information content (AvgIpc) is 3.04. The molecule has 3 heteroatoms. The van der Waals surface area contributed by atoms with Gasteiger partial charge in [-0.3, -0.25) is 4.79 Å². The van der Waals surface area contributed by atoms with Crippen LogP contribution in [0.2, 0.25) is 0 Å². The summed E-state index contributed by atoms with van der Waals surface area (Å²) in [5.74, 6) is -0.224. The highest BCUT2D eigenvalue weighted by Crippen LogP contribution is 2.53.